The highest BCUT2D eigenvalue weighted by Gasteiger charge is 2.31. The van der Waals surface area contributed by atoms with E-state index in [0.29, 0.717) is 6.42 Å². The van der Waals surface area contributed by atoms with Gasteiger partial charge in [-0.1, -0.05) is 27.7 Å². The van der Waals surface area contributed by atoms with Crippen LogP contribution in [0.3, 0.4) is 0 Å². The Balaban J connectivity index is 4.93. The number of hydrogen-bond acceptors (Lipinski definition) is 5. The first-order chi connectivity index (χ1) is 8.94. The standard InChI is InChI=1S/C13H26O6S/c1-8(2)6-12(19-20(5,17)18)11(14)7-10(9(3)4)13(15)16/h8-12,14H,6-7H2,1-5H3,(H,15,16)/t10-,11+,12+/m0/s1. The third-order valence-corrected chi connectivity index (χ3v) is 3.65. The van der Waals surface area contributed by atoms with Gasteiger partial charge in [-0.2, -0.15) is 8.42 Å². The van der Waals surface area contributed by atoms with Crippen LogP contribution < -0.4 is 0 Å². The fraction of sp³-hybridized carbons (Fsp3) is 0.923. The molecule has 0 aromatic carbocycles. The Morgan fingerprint density at radius 2 is 1.65 bits per heavy atom. The van der Waals surface area contributed by atoms with Crippen LogP contribution in [0.4, 0.5) is 0 Å². The second-order valence-corrected chi connectivity index (χ2v) is 7.56. The lowest BCUT2D eigenvalue weighted by atomic mass is 9.87. The summed E-state index contributed by atoms with van der Waals surface area (Å²) in [4.78, 5) is 11.1. The van der Waals surface area contributed by atoms with Gasteiger partial charge in [0.1, 0.15) is 6.10 Å². The van der Waals surface area contributed by atoms with Crippen LogP contribution in [0.15, 0.2) is 0 Å². The Morgan fingerprint density at radius 1 is 1.15 bits per heavy atom. The summed E-state index contributed by atoms with van der Waals surface area (Å²) >= 11 is 0. The molecule has 0 saturated carbocycles. The zero-order chi connectivity index (χ0) is 16.1. The number of carboxylic acids is 1. The van der Waals surface area contributed by atoms with Crippen LogP contribution >= 0.6 is 0 Å². The summed E-state index contributed by atoms with van der Waals surface area (Å²) in [5, 5.41) is 19.3. The molecule has 3 atom stereocenters. The number of hydrogen-bond donors (Lipinski definition) is 2. The van der Waals surface area contributed by atoms with Gasteiger partial charge in [0.15, 0.2) is 0 Å². The number of aliphatic hydroxyl groups is 1. The van der Waals surface area contributed by atoms with E-state index in [4.69, 9.17) is 9.29 Å². The minimum atomic E-state index is -3.70. The molecule has 20 heavy (non-hydrogen) atoms. The molecule has 0 radical (unpaired) electrons. The summed E-state index contributed by atoms with van der Waals surface area (Å²) < 4.78 is 27.4. The van der Waals surface area contributed by atoms with Crippen molar-refractivity contribution in [3.05, 3.63) is 0 Å². The lowest BCUT2D eigenvalue weighted by Gasteiger charge is -2.27. The first-order valence-electron chi connectivity index (χ1n) is 6.73. The molecule has 0 saturated heterocycles. The number of rotatable bonds is 9. The molecule has 0 aromatic heterocycles. The van der Waals surface area contributed by atoms with E-state index in [1.54, 1.807) is 13.8 Å². The molecule has 7 heteroatoms. The molecular formula is C13H26O6S. The molecule has 0 fully saturated rings. The molecule has 0 bridgehead atoms. The largest absolute Gasteiger partial charge is 0.481 e. The van der Waals surface area contributed by atoms with Crippen LogP contribution in [0.1, 0.15) is 40.5 Å². The lowest BCUT2D eigenvalue weighted by Crippen LogP contribution is -2.36. The Labute approximate surface area is 121 Å². The first kappa shape index (κ1) is 19.3. The molecule has 0 unspecified atom stereocenters. The van der Waals surface area contributed by atoms with Crippen LogP contribution in [0.2, 0.25) is 0 Å². The van der Waals surface area contributed by atoms with E-state index < -0.39 is 34.2 Å². The maximum absolute atomic E-state index is 11.2. The van der Waals surface area contributed by atoms with Crippen LogP contribution in [-0.4, -0.2) is 43.1 Å². The highest BCUT2D eigenvalue weighted by Crippen LogP contribution is 2.23. The second kappa shape index (κ2) is 7.95. The van der Waals surface area contributed by atoms with Gasteiger partial charge in [-0.25, -0.2) is 0 Å². The van der Waals surface area contributed by atoms with E-state index in [1.165, 1.54) is 0 Å². The van der Waals surface area contributed by atoms with Crippen molar-refractivity contribution in [1.29, 1.82) is 0 Å². The smallest absolute Gasteiger partial charge is 0.306 e. The van der Waals surface area contributed by atoms with Gasteiger partial charge >= 0.3 is 5.97 Å². The molecule has 0 aliphatic rings. The van der Waals surface area contributed by atoms with Crippen LogP contribution in [0, 0.1) is 17.8 Å². The molecule has 6 nitrogen and oxygen atoms in total. The number of carboxylic acid groups (broad SMARTS) is 1. The summed E-state index contributed by atoms with van der Waals surface area (Å²) in [5.41, 5.74) is 0. The van der Waals surface area contributed by atoms with E-state index in [2.05, 4.69) is 0 Å². The fourth-order valence-electron chi connectivity index (χ4n) is 2.02. The Morgan fingerprint density at radius 3 is 1.95 bits per heavy atom. The quantitative estimate of drug-likeness (QED) is 0.626. The van der Waals surface area contributed by atoms with Crippen LogP contribution in [-0.2, 0) is 19.1 Å². The molecule has 0 rings (SSSR count). The van der Waals surface area contributed by atoms with E-state index in [-0.39, 0.29) is 18.3 Å². The molecule has 0 aliphatic heterocycles. The van der Waals surface area contributed by atoms with E-state index in [1.807, 2.05) is 13.8 Å². The van der Waals surface area contributed by atoms with Gasteiger partial charge in [-0.05, 0) is 24.7 Å². The third kappa shape index (κ3) is 7.81. The lowest BCUT2D eigenvalue weighted by molar-refractivity contribution is -0.145. The first-order valence-corrected chi connectivity index (χ1v) is 8.54. The van der Waals surface area contributed by atoms with Crippen molar-refractivity contribution < 1.29 is 27.6 Å². The topological polar surface area (TPSA) is 101 Å². The summed E-state index contributed by atoms with van der Waals surface area (Å²) in [6.45, 7) is 7.26. The fourth-order valence-corrected chi connectivity index (χ4v) is 2.68. The number of aliphatic carboxylic acids is 1. The molecule has 2 N–H and O–H groups in total. The third-order valence-electron chi connectivity index (χ3n) is 3.05. The average Bonchev–Trinajstić information content (AvgIpc) is 2.20. The predicted octanol–water partition coefficient (Wildman–Crippen LogP) is 1.49. The highest BCUT2D eigenvalue weighted by molar-refractivity contribution is 7.86. The number of aliphatic hydroxyl groups excluding tert-OH is 1. The number of carbonyl (C=O) groups is 1. The molecular weight excluding hydrogens is 284 g/mol. The van der Waals surface area contributed by atoms with Crippen molar-refractivity contribution in [2.75, 3.05) is 6.26 Å². The van der Waals surface area contributed by atoms with Gasteiger partial charge in [0.25, 0.3) is 10.1 Å². The molecule has 0 heterocycles. The molecule has 0 spiro atoms. The molecule has 0 aliphatic carbocycles. The van der Waals surface area contributed by atoms with Gasteiger partial charge in [-0.3, -0.25) is 8.98 Å². The van der Waals surface area contributed by atoms with Crippen molar-refractivity contribution in [3.8, 4) is 0 Å². The molecule has 0 aromatic rings. The van der Waals surface area contributed by atoms with Gasteiger partial charge < -0.3 is 10.2 Å². The zero-order valence-electron chi connectivity index (χ0n) is 12.7. The van der Waals surface area contributed by atoms with E-state index >= 15 is 0 Å². The Kier molecular flexibility index (Phi) is 7.69. The molecule has 120 valence electrons. The van der Waals surface area contributed by atoms with Gasteiger partial charge in [0.05, 0.1) is 18.3 Å². The summed E-state index contributed by atoms with van der Waals surface area (Å²) in [6.07, 6.45) is -0.802. The minimum Gasteiger partial charge on any atom is -0.481 e. The van der Waals surface area contributed by atoms with Crippen LogP contribution in [0.25, 0.3) is 0 Å². The zero-order valence-corrected chi connectivity index (χ0v) is 13.6. The normalized spacial score (nSPS) is 17.2. The van der Waals surface area contributed by atoms with Gasteiger partial charge in [-0.15, -0.1) is 0 Å². The Bertz CT molecular complexity index is 401. The van der Waals surface area contributed by atoms with Crippen molar-refractivity contribution in [3.63, 3.8) is 0 Å². The summed E-state index contributed by atoms with van der Waals surface area (Å²) in [7, 11) is -3.70. The van der Waals surface area contributed by atoms with Gasteiger partial charge in [0, 0.05) is 0 Å². The minimum absolute atomic E-state index is 0.0279. The van der Waals surface area contributed by atoms with Crippen molar-refractivity contribution in [1.82, 2.24) is 0 Å². The van der Waals surface area contributed by atoms with E-state index in [0.717, 1.165) is 6.26 Å². The molecule has 0 amide bonds. The second-order valence-electron chi connectivity index (χ2n) is 5.96. The predicted molar refractivity (Wildman–Crippen MR) is 75.8 cm³/mol. The summed E-state index contributed by atoms with van der Waals surface area (Å²) in [6, 6.07) is 0. The SMILES string of the molecule is CC(C)C[C@@H](OS(C)(=O)=O)[C@H](O)C[C@H](C(=O)O)C(C)C. The van der Waals surface area contributed by atoms with Crippen molar-refractivity contribution >= 4 is 16.1 Å². The highest BCUT2D eigenvalue weighted by atomic mass is 32.2. The summed E-state index contributed by atoms with van der Waals surface area (Å²) in [5.74, 6) is -1.76. The van der Waals surface area contributed by atoms with Gasteiger partial charge in [0.2, 0.25) is 0 Å². The van der Waals surface area contributed by atoms with Crippen molar-refractivity contribution in [2.24, 2.45) is 17.8 Å². The van der Waals surface area contributed by atoms with Crippen molar-refractivity contribution in [2.45, 2.75) is 52.7 Å². The Hall–Kier alpha value is -0.660. The average molecular weight is 310 g/mol. The maximum Gasteiger partial charge on any atom is 0.306 e. The van der Waals surface area contributed by atoms with Crippen LogP contribution in [0.5, 0.6) is 0 Å². The monoisotopic (exact) mass is 310 g/mol. The maximum atomic E-state index is 11.2. The van der Waals surface area contributed by atoms with E-state index in [9.17, 15) is 18.3 Å².